The van der Waals surface area contributed by atoms with Gasteiger partial charge in [0.05, 0.1) is 0 Å². The fourth-order valence-electron chi connectivity index (χ4n) is 1.27. The molecule has 0 aliphatic rings. The van der Waals surface area contributed by atoms with E-state index in [4.69, 9.17) is 5.11 Å². The first-order chi connectivity index (χ1) is 6.27. The predicted octanol–water partition coefficient (Wildman–Crippen LogP) is 3.53. The minimum atomic E-state index is 0.354. The molecule has 0 fully saturated rings. The van der Waals surface area contributed by atoms with E-state index in [0.29, 0.717) is 12.5 Å². The number of unbranched alkanes of at least 4 members (excludes halogenated alkanes) is 5. The molecular weight excluding hydrogens is 160 g/mol. The van der Waals surface area contributed by atoms with E-state index in [2.05, 4.69) is 26.0 Å². The van der Waals surface area contributed by atoms with Crippen molar-refractivity contribution in [3.05, 3.63) is 12.2 Å². The average Bonchev–Trinajstić information content (AvgIpc) is 2.09. The van der Waals surface area contributed by atoms with Gasteiger partial charge in [-0.25, -0.2) is 0 Å². The van der Waals surface area contributed by atoms with Gasteiger partial charge in [-0.2, -0.15) is 0 Å². The molecule has 1 N–H and O–H groups in total. The predicted molar refractivity (Wildman–Crippen MR) is 58.8 cm³/mol. The van der Waals surface area contributed by atoms with Crippen molar-refractivity contribution in [3.63, 3.8) is 0 Å². The van der Waals surface area contributed by atoms with Crippen LogP contribution in [0.3, 0.4) is 0 Å². The Labute approximate surface area is 82.9 Å². The molecule has 0 aromatic heterocycles. The highest BCUT2D eigenvalue weighted by Crippen LogP contribution is 2.06. The van der Waals surface area contributed by atoms with Crippen molar-refractivity contribution < 1.29 is 5.11 Å². The van der Waals surface area contributed by atoms with Crippen molar-refractivity contribution in [2.75, 3.05) is 6.61 Å². The maximum atomic E-state index is 8.56. The molecule has 0 atom stereocenters. The van der Waals surface area contributed by atoms with Crippen LogP contribution in [0.25, 0.3) is 0 Å². The first-order valence-corrected chi connectivity index (χ1v) is 5.55. The van der Waals surface area contributed by atoms with Gasteiger partial charge in [-0.3, -0.25) is 0 Å². The summed E-state index contributed by atoms with van der Waals surface area (Å²) in [6.07, 6.45) is 11.8. The zero-order chi connectivity index (χ0) is 9.94. The van der Waals surface area contributed by atoms with Crippen LogP contribution in [0.4, 0.5) is 0 Å². The Bertz CT molecular complexity index is 116. The molecule has 0 saturated carbocycles. The number of aliphatic hydroxyl groups excluding tert-OH is 1. The van der Waals surface area contributed by atoms with Crippen LogP contribution in [0.1, 0.15) is 52.4 Å². The van der Waals surface area contributed by atoms with Gasteiger partial charge in [0.2, 0.25) is 0 Å². The van der Waals surface area contributed by atoms with Crippen LogP contribution in [-0.4, -0.2) is 11.7 Å². The first kappa shape index (κ1) is 12.7. The van der Waals surface area contributed by atoms with Gasteiger partial charge in [-0.15, -0.1) is 0 Å². The van der Waals surface area contributed by atoms with Gasteiger partial charge in [-0.1, -0.05) is 45.3 Å². The summed E-state index contributed by atoms with van der Waals surface area (Å²) in [6, 6.07) is 0. The minimum Gasteiger partial charge on any atom is -0.396 e. The molecule has 1 nitrogen and oxygen atoms in total. The van der Waals surface area contributed by atoms with Crippen LogP contribution in [0.5, 0.6) is 0 Å². The molecular formula is C12H24O. The molecule has 0 radical (unpaired) electrons. The molecule has 0 aliphatic heterocycles. The summed E-state index contributed by atoms with van der Waals surface area (Å²) in [5, 5.41) is 8.56. The van der Waals surface area contributed by atoms with Crippen LogP contribution in [-0.2, 0) is 0 Å². The van der Waals surface area contributed by atoms with E-state index in [-0.39, 0.29) is 0 Å². The Kier molecular flexibility index (Phi) is 9.56. The Hall–Kier alpha value is -0.300. The van der Waals surface area contributed by atoms with Crippen LogP contribution < -0.4 is 0 Å². The maximum absolute atomic E-state index is 8.56. The summed E-state index contributed by atoms with van der Waals surface area (Å²) in [5.41, 5.74) is 0. The summed E-state index contributed by atoms with van der Waals surface area (Å²) in [4.78, 5) is 0. The van der Waals surface area contributed by atoms with E-state index in [9.17, 15) is 0 Å². The summed E-state index contributed by atoms with van der Waals surface area (Å²) >= 11 is 0. The molecule has 13 heavy (non-hydrogen) atoms. The summed E-state index contributed by atoms with van der Waals surface area (Å²) in [7, 11) is 0. The highest BCUT2D eigenvalue weighted by Gasteiger charge is 1.88. The largest absolute Gasteiger partial charge is 0.396 e. The Morgan fingerprint density at radius 1 is 1.00 bits per heavy atom. The monoisotopic (exact) mass is 184 g/mol. The third-order valence-corrected chi connectivity index (χ3v) is 2.05. The molecule has 0 aromatic carbocycles. The lowest BCUT2D eigenvalue weighted by atomic mass is 10.1. The van der Waals surface area contributed by atoms with Crippen LogP contribution in [0, 0.1) is 5.92 Å². The third-order valence-electron chi connectivity index (χ3n) is 2.05. The summed E-state index contributed by atoms with van der Waals surface area (Å²) in [6.45, 7) is 4.77. The average molecular weight is 184 g/mol. The first-order valence-electron chi connectivity index (χ1n) is 5.55. The van der Waals surface area contributed by atoms with Gasteiger partial charge in [0.1, 0.15) is 0 Å². The van der Waals surface area contributed by atoms with E-state index in [1.807, 2.05) is 0 Å². The second-order valence-corrected chi connectivity index (χ2v) is 3.95. The highest BCUT2D eigenvalue weighted by atomic mass is 16.2. The normalized spacial score (nSPS) is 11.7. The molecule has 0 aromatic rings. The Balaban J connectivity index is 2.99. The van der Waals surface area contributed by atoms with Crippen LogP contribution >= 0.6 is 0 Å². The molecule has 0 saturated heterocycles. The van der Waals surface area contributed by atoms with Gasteiger partial charge >= 0.3 is 0 Å². The van der Waals surface area contributed by atoms with Gasteiger partial charge in [0, 0.05) is 6.61 Å². The van der Waals surface area contributed by atoms with Gasteiger partial charge in [-0.05, 0) is 25.2 Å². The van der Waals surface area contributed by atoms with Crippen molar-refractivity contribution in [2.24, 2.45) is 5.92 Å². The second-order valence-electron chi connectivity index (χ2n) is 3.95. The summed E-state index contributed by atoms with van der Waals surface area (Å²) in [5.74, 6) is 0.689. The van der Waals surface area contributed by atoms with Crippen LogP contribution in [0.2, 0.25) is 0 Å². The molecule has 0 spiro atoms. The van der Waals surface area contributed by atoms with Crippen LogP contribution in [0.15, 0.2) is 12.2 Å². The lowest BCUT2D eigenvalue weighted by Crippen LogP contribution is -1.83. The van der Waals surface area contributed by atoms with Crippen molar-refractivity contribution in [1.29, 1.82) is 0 Å². The standard InChI is InChI=1S/C12H24O/c1-12(2)10-8-6-4-3-5-7-9-11-13/h8,10,12-13H,3-7,9,11H2,1-2H3. The second kappa shape index (κ2) is 9.79. The van der Waals surface area contributed by atoms with Crippen molar-refractivity contribution in [3.8, 4) is 0 Å². The molecule has 1 heteroatoms. The molecule has 0 amide bonds. The summed E-state index contributed by atoms with van der Waals surface area (Å²) < 4.78 is 0. The Morgan fingerprint density at radius 3 is 2.23 bits per heavy atom. The molecule has 0 rings (SSSR count). The number of aliphatic hydroxyl groups is 1. The van der Waals surface area contributed by atoms with E-state index in [1.165, 1.54) is 32.1 Å². The van der Waals surface area contributed by atoms with Crippen molar-refractivity contribution in [2.45, 2.75) is 52.4 Å². The quantitative estimate of drug-likeness (QED) is 0.452. The number of hydrogen-bond acceptors (Lipinski definition) is 1. The van der Waals surface area contributed by atoms with Gasteiger partial charge < -0.3 is 5.11 Å². The molecule has 0 unspecified atom stereocenters. The smallest absolute Gasteiger partial charge is 0.0431 e. The molecule has 78 valence electrons. The number of rotatable bonds is 8. The SMILES string of the molecule is CC(C)C=CCCCCCCCO. The molecule has 0 bridgehead atoms. The lowest BCUT2D eigenvalue weighted by molar-refractivity contribution is 0.282. The maximum Gasteiger partial charge on any atom is 0.0431 e. The van der Waals surface area contributed by atoms with Gasteiger partial charge in [0.15, 0.2) is 0 Å². The molecule has 0 aliphatic carbocycles. The fraction of sp³-hybridized carbons (Fsp3) is 0.833. The van der Waals surface area contributed by atoms with E-state index < -0.39 is 0 Å². The van der Waals surface area contributed by atoms with E-state index in [1.54, 1.807) is 0 Å². The fourth-order valence-corrected chi connectivity index (χ4v) is 1.27. The van der Waals surface area contributed by atoms with E-state index >= 15 is 0 Å². The Morgan fingerprint density at radius 2 is 1.62 bits per heavy atom. The number of hydrogen-bond donors (Lipinski definition) is 1. The lowest BCUT2D eigenvalue weighted by Gasteiger charge is -1.98. The zero-order valence-electron chi connectivity index (χ0n) is 9.13. The minimum absolute atomic E-state index is 0.354. The molecule has 0 heterocycles. The van der Waals surface area contributed by atoms with E-state index in [0.717, 1.165) is 6.42 Å². The zero-order valence-corrected chi connectivity index (χ0v) is 9.13. The topological polar surface area (TPSA) is 20.2 Å². The third kappa shape index (κ3) is 11.7. The van der Waals surface area contributed by atoms with Crippen molar-refractivity contribution >= 4 is 0 Å². The number of allylic oxidation sites excluding steroid dienone is 2. The highest BCUT2D eigenvalue weighted by molar-refractivity contribution is 4.83. The van der Waals surface area contributed by atoms with Crippen molar-refractivity contribution in [1.82, 2.24) is 0 Å². The van der Waals surface area contributed by atoms with Gasteiger partial charge in [0.25, 0.3) is 0 Å².